The number of fused-ring (bicyclic) bond motifs is 1. The minimum absolute atomic E-state index is 0.0346. The van der Waals surface area contributed by atoms with Crippen molar-refractivity contribution in [3.63, 3.8) is 0 Å². The van der Waals surface area contributed by atoms with E-state index in [1.807, 2.05) is 0 Å². The fourth-order valence-corrected chi connectivity index (χ4v) is 2.71. The second kappa shape index (κ2) is 8.98. The molecule has 1 heterocycles. The monoisotopic (exact) mass is 401 g/mol. The molecule has 1 amide bonds. The van der Waals surface area contributed by atoms with E-state index in [-0.39, 0.29) is 12.5 Å². The number of amides is 1. The van der Waals surface area contributed by atoms with E-state index >= 15 is 0 Å². The van der Waals surface area contributed by atoms with Gasteiger partial charge in [-0.05, 0) is 35.9 Å². The van der Waals surface area contributed by atoms with Crippen LogP contribution in [0.5, 0.6) is 17.2 Å². The lowest BCUT2D eigenvalue weighted by molar-refractivity contribution is -0.131. The molecule has 0 unspecified atom stereocenters. The van der Waals surface area contributed by atoms with Crippen LogP contribution in [0.1, 0.15) is 11.7 Å². The van der Waals surface area contributed by atoms with Gasteiger partial charge in [0.15, 0.2) is 17.6 Å². The molecule has 0 radical (unpaired) electrons. The second-order valence-electron chi connectivity index (χ2n) is 6.01. The van der Waals surface area contributed by atoms with Gasteiger partial charge in [-0.1, -0.05) is 12.1 Å². The molecule has 0 aliphatic carbocycles. The molecule has 0 saturated heterocycles. The molecule has 9 heteroatoms. The van der Waals surface area contributed by atoms with Crippen LogP contribution in [0.3, 0.4) is 0 Å². The Morgan fingerprint density at radius 1 is 1.14 bits per heavy atom. The van der Waals surface area contributed by atoms with Crippen molar-refractivity contribution in [2.24, 2.45) is 0 Å². The van der Waals surface area contributed by atoms with Gasteiger partial charge >= 0.3 is 12.1 Å². The Kier molecular flexibility index (Phi) is 6.20. The van der Waals surface area contributed by atoms with Gasteiger partial charge in [0.25, 0.3) is 0 Å². The molecule has 0 saturated carbocycles. The quantitative estimate of drug-likeness (QED) is 0.605. The first-order chi connectivity index (χ1) is 14.0. The van der Waals surface area contributed by atoms with Crippen molar-refractivity contribution in [3.05, 3.63) is 60.2 Å². The number of hydrogen-bond donors (Lipinski definition) is 3. The Bertz CT molecular complexity index is 909. The molecule has 0 aromatic heterocycles. The summed E-state index contributed by atoms with van der Waals surface area (Å²) in [5.74, 6) is -0.0603. The van der Waals surface area contributed by atoms with Gasteiger partial charge in [-0.2, -0.15) is 0 Å². The number of ether oxygens (including phenoxy) is 4. The van der Waals surface area contributed by atoms with Gasteiger partial charge in [-0.15, -0.1) is 0 Å². The third-order valence-corrected chi connectivity index (χ3v) is 4.07. The van der Waals surface area contributed by atoms with Crippen LogP contribution < -0.4 is 14.8 Å². The third-order valence-electron chi connectivity index (χ3n) is 4.07. The maximum absolute atomic E-state index is 12.5. The molecule has 2 aromatic rings. The number of phenols is 1. The van der Waals surface area contributed by atoms with Gasteiger partial charge in [0.05, 0.1) is 0 Å². The van der Waals surface area contributed by atoms with Crippen molar-refractivity contribution in [2.45, 2.75) is 12.2 Å². The SMILES string of the molecule is CO[C@@H](/C=C/C(=O)O)[C@@H](OC(=O)Nc1ccc2c(c1)OCO2)c1ccc(O)cc1. The largest absolute Gasteiger partial charge is 0.508 e. The summed E-state index contributed by atoms with van der Waals surface area (Å²) < 4.78 is 21.3. The van der Waals surface area contributed by atoms with Crippen LogP contribution in [0, 0.1) is 0 Å². The van der Waals surface area contributed by atoms with Gasteiger partial charge in [-0.25, -0.2) is 9.59 Å². The van der Waals surface area contributed by atoms with E-state index in [0.717, 1.165) is 6.08 Å². The molecule has 29 heavy (non-hydrogen) atoms. The van der Waals surface area contributed by atoms with E-state index in [0.29, 0.717) is 22.7 Å². The summed E-state index contributed by atoms with van der Waals surface area (Å²) in [6.45, 7) is 0.109. The average Bonchev–Trinajstić information content (AvgIpc) is 3.16. The number of anilines is 1. The number of carboxylic acid groups (broad SMARTS) is 1. The standard InChI is InChI=1S/C20H19NO8/c1-26-16(8-9-18(23)24)19(12-2-5-14(22)6-3-12)29-20(25)21-13-4-7-15-17(10-13)28-11-27-15/h2-10,16,19,22H,11H2,1H3,(H,21,25)(H,23,24)/b9-8+/t16-,19-/m0/s1. The highest BCUT2D eigenvalue weighted by molar-refractivity contribution is 5.85. The topological polar surface area (TPSA) is 124 Å². The molecule has 1 aliphatic heterocycles. The molecule has 152 valence electrons. The zero-order valence-corrected chi connectivity index (χ0v) is 15.4. The molecule has 3 N–H and O–H groups in total. The lowest BCUT2D eigenvalue weighted by Crippen LogP contribution is -2.27. The molecule has 0 bridgehead atoms. The highest BCUT2D eigenvalue weighted by Crippen LogP contribution is 2.34. The minimum Gasteiger partial charge on any atom is -0.508 e. The Morgan fingerprint density at radius 3 is 2.55 bits per heavy atom. The van der Waals surface area contributed by atoms with Crippen LogP contribution in [0.4, 0.5) is 10.5 Å². The number of hydrogen-bond acceptors (Lipinski definition) is 7. The first kappa shape index (κ1) is 20.0. The predicted octanol–water partition coefficient (Wildman–Crippen LogP) is 3.07. The number of carbonyl (C=O) groups excluding carboxylic acids is 1. The number of nitrogens with one attached hydrogen (secondary N) is 1. The van der Waals surface area contributed by atoms with E-state index in [2.05, 4.69) is 5.32 Å². The lowest BCUT2D eigenvalue weighted by atomic mass is 10.0. The number of benzene rings is 2. The molecule has 9 nitrogen and oxygen atoms in total. The van der Waals surface area contributed by atoms with E-state index in [1.165, 1.54) is 25.3 Å². The highest BCUT2D eigenvalue weighted by Gasteiger charge is 2.26. The first-order valence-corrected chi connectivity index (χ1v) is 8.56. The summed E-state index contributed by atoms with van der Waals surface area (Å²) in [7, 11) is 1.36. The van der Waals surface area contributed by atoms with E-state index < -0.39 is 24.3 Å². The lowest BCUT2D eigenvalue weighted by Gasteiger charge is -2.24. The summed E-state index contributed by atoms with van der Waals surface area (Å²) in [5.41, 5.74) is 0.935. The molecular weight excluding hydrogens is 382 g/mol. The third kappa shape index (κ3) is 5.17. The van der Waals surface area contributed by atoms with Gasteiger partial charge < -0.3 is 29.2 Å². The van der Waals surface area contributed by atoms with Crippen molar-refractivity contribution < 1.29 is 38.7 Å². The van der Waals surface area contributed by atoms with Gasteiger partial charge in [-0.3, -0.25) is 5.32 Å². The number of aliphatic carboxylic acids is 1. The molecule has 0 spiro atoms. The Labute approximate surface area is 166 Å². The molecule has 0 fully saturated rings. The van der Waals surface area contributed by atoms with E-state index in [4.69, 9.17) is 24.1 Å². The fourth-order valence-electron chi connectivity index (χ4n) is 2.71. The smallest absolute Gasteiger partial charge is 0.412 e. The summed E-state index contributed by atoms with van der Waals surface area (Å²) in [6.07, 6.45) is -0.454. The zero-order chi connectivity index (χ0) is 20.8. The number of methoxy groups -OCH3 is 1. The number of carbonyl (C=O) groups is 2. The summed E-state index contributed by atoms with van der Waals surface area (Å²) in [5, 5.41) is 21.0. The van der Waals surface area contributed by atoms with Crippen molar-refractivity contribution >= 4 is 17.7 Å². The van der Waals surface area contributed by atoms with Gasteiger partial charge in [0.1, 0.15) is 11.9 Å². The molecule has 3 rings (SSSR count). The van der Waals surface area contributed by atoms with Crippen molar-refractivity contribution in [3.8, 4) is 17.2 Å². The van der Waals surface area contributed by atoms with Crippen LogP contribution in [0.2, 0.25) is 0 Å². The maximum Gasteiger partial charge on any atom is 0.412 e. The highest BCUT2D eigenvalue weighted by atomic mass is 16.7. The molecule has 2 atom stereocenters. The average molecular weight is 401 g/mol. The summed E-state index contributed by atoms with van der Waals surface area (Å²) >= 11 is 0. The number of carboxylic acids is 1. The van der Waals surface area contributed by atoms with Crippen molar-refractivity contribution in [1.29, 1.82) is 0 Å². The van der Waals surface area contributed by atoms with E-state index in [9.17, 15) is 14.7 Å². The Morgan fingerprint density at radius 2 is 1.86 bits per heavy atom. The zero-order valence-electron chi connectivity index (χ0n) is 15.4. The molecular formula is C20H19NO8. The molecule has 1 aliphatic rings. The number of aromatic hydroxyl groups is 1. The number of rotatable bonds is 7. The molecule has 2 aromatic carbocycles. The van der Waals surface area contributed by atoms with Gasteiger partial charge in [0, 0.05) is 24.9 Å². The van der Waals surface area contributed by atoms with Crippen LogP contribution in [0.25, 0.3) is 0 Å². The van der Waals surface area contributed by atoms with Crippen molar-refractivity contribution in [2.75, 3.05) is 19.2 Å². The Balaban J connectivity index is 1.78. The van der Waals surface area contributed by atoms with E-state index in [1.54, 1.807) is 30.3 Å². The van der Waals surface area contributed by atoms with Crippen LogP contribution in [0.15, 0.2) is 54.6 Å². The second-order valence-corrected chi connectivity index (χ2v) is 6.01. The fraction of sp³-hybridized carbons (Fsp3) is 0.200. The normalized spacial score (nSPS) is 14.4. The summed E-state index contributed by atoms with van der Waals surface area (Å²) in [4.78, 5) is 23.3. The Hall–Kier alpha value is -3.72. The minimum atomic E-state index is -1.17. The summed E-state index contributed by atoms with van der Waals surface area (Å²) in [6, 6.07) is 10.8. The van der Waals surface area contributed by atoms with Crippen LogP contribution >= 0.6 is 0 Å². The van der Waals surface area contributed by atoms with Crippen LogP contribution in [-0.2, 0) is 14.3 Å². The van der Waals surface area contributed by atoms with Crippen molar-refractivity contribution in [1.82, 2.24) is 0 Å². The van der Waals surface area contributed by atoms with Crippen LogP contribution in [-0.4, -0.2) is 42.3 Å². The maximum atomic E-state index is 12.5. The predicted molar refractivity (Wildman–Crippen MR) is 101 cm³/mol. The number of phenolic OH excluding ortho intramolecular Hbond substituents is 1. The van der Waals surface area contributed by atoms with Gasteiger partial charge in [0.2, 0.25) is 6.79 Å². The first-order valence-electron chi connectivity index (χ1n) is 8.56.